The molecule has 0 saturated carbocycles. The summed E-state index contributed by atoms with van der Waals surface area (Å²) in [6.07, 6.45) is 3.34. The minimum absolute atomic E-state index is 0.308. The van der Waals surface area contributed by atoms with Crippen molar-refractivity contribution >= 4 is 5.91 Å². The standard InChI is InChI=1S/C15H32N2O4/c1-4-8-17-15(2,14(16)18)7-5-10-20-12-13-21-11-6-9-19-3/h17H,4-13H2,1-3H3,(H2,16,18). The molecule has 0 fully saturated rings. The van der Waals surface area contributed by atoms with Crippen molar-refractivity contribution in [3.05, 3.63) is 0 Å². The van der Waals surface area contributed by atoms with Crippen molar-refractivity contribution in [3.63, 3.8) is 0 Å². The van der Waals surface area contributed by atoms with Gasteiger partial charge < -0.3 is 25.3 Å². The Morgan fingerprint density at radius 1 is 1.10 bits per heavy atom. The zero-order chi connectivity index (χ0) is 16.0. The average Bonchev–Trinajstić information content (AvgIpc) is 2.47. The lowest BCUT2D eigenvalue weighted by atomic mass is 9.95. The molecule has 0 heterocycles. The molecule has 126 valence electrons. The predicted molar refractivity (Wildman–Crippen MR) is 83.3 cm³/mol. The third-order valence-electron chi connectivity index (χ3n) is 3.28. The van der Waals surface area contributed by atoms with Crippen LogP contribution in [0.15, 0.2) is 0 Å². The van der Waals surface area contributed by atoms with Crippen LogP contribution in [0.1, 0.15) is 39.5 Å². The van der Waals surface area contributed by atoms with Gasteiger partial charge in [0.15, 0.2) is 0 Å². The molecule has 1 unspecified atom stereocenters. The summed E-state index contributed by atoms with van der Waals surface area (Å²) in [5, 5.41) is 3.21. The number of hydrogen-bond donors (Lipinski definition) is 2. The van der Waals surface area contributed by atoms with E-state index in [1.807, 2.05) is 6.92 Å². The highest BCUT2D eigenvalue weighted by atomic mass is 16.5. The van der Waals surface area contributed by atoms with E-state index in [0.717, 1.165) is 32.4 Å². The Hall–Kier alpha value is -0.690. The summed E-state index contributed by atoms with van der Waals surface area (Å²) >= 11 is 0. The highest BCUT2D eigenvalue weighted by Crippen LogP contribution is 2.12. The van der Waals surface area contributed by atoms with E-state index in [-0.39, 0.29) is 5.91 Å². The molecule has 0 spiro atoms. The van der Waals surface area contributed by atoms with E-state index in [0.29, 0.717) is 32.8 Å². The molecule has 0 rings (SSSR count). The quantitative estimate of drug-likeness (QED) is 0.442. The molecule has 21 heavy (non-hydrogen) atoms. The summed E-state index contributed by atoms with van der Waals surface area (Å²) in [5.74, 6) is -0.308. The fourth-order valence-corrected chi connectivity index (χ4v) is 1.85. The topological polar surface area (TPSA) is 82.8 Å². The van der Waals surface area contributed by atoms with Gasteiger partial charge in [-0.3, -0.25) is 4.79 Å². The molecule has 0 saturated heterocycles. The van der Waals surface area contributed by atoms with E-state index in [1.54, 1.807) is 7.11 Å². The molecule has 6 nitrogen and oxygen atoms in total. The SMILES string of the molecule is CCCNC(C)(CCCOCCOCCCOC)C(N)=O. The molecule has 3 N–H and O–H groups in total. The first-order valence-electron chi connectivity index (χ1n) is 7.76. The predicted octanol–water partition coefficient (Wildman–Crippen LogP) is 1.08. The van der Waals surface area contributed by atoms with Crippen LogP contribution in [-0.2, 0) is 19.0 Å². The molecular weight excluding hydrogens is 272 g/mol. The maximum Gasteiger partial charge on any atom is 0.237 e. The first kappa shape index (κ1) is 20.3. The molecule has 0 aromatic rings. The number of amides is 1. The number of carbonyl (C=O) groups is 1. The van der Waals surface area contributed by atoms with E-state index >= 15 is 0 Å². The van der Waals surface area contributed by atoms with Crippen molar-refractivity contribution < 1.29 is 19.0 Å². The molecular formula is C15H32N2O4. The van der Waals surface area contributed by atoms with Crippen molar-refractivity contribution in [2.45, 2.75) is 45.1 Å². The van der Waals surface area contributed by atoms with Crippen LogP contribution in [0.2, 0.25) is 0 Å². The molecule has 0 aromatic carbocycles. The average molecular weight is 304 g/mol. The second-order valence-corrected chi connectivity index (χ2v) is 5.30. The normalized spacial score (nSPS) is 14.0. The van der Waals surface area contributed by atoms with Gasteiger partial charge in [0.2, 0.25) is 5.91 Å². The molecule has 0 aliphatic carbocycles. The maximum atomic E-state index is 11.5. The Morgan fingerprint density at radius 2 is 1.71 bits per heavy atom. The second-order valence-electron chi connectivity index (χ2n) is 5.30. The summed E-state index contributed by atoms with van der Waals surface area (Å²) in [7, 11) is 1.68. The summed E-state index contributed by atoms with van der Waals surface area (Å²) in [6.45, 7) is 7.88. The fourth-order valence-electron chi connectivity index (χ4n) is 1.85. The highest BCUT2D eigenvalue weighted by Gasteiger charge is 2.29. The number of carbonyl (C=O) groups excluding carboxylic acids is 1. The molecule has 1 atom stereocenters. The van der Waals surface area contributed by atoms with E-state index in [1.165, 1.54) is 0 Å². The third kappa shape index (κ3) is 10.6. The van der Waals surface area contributed by atoms with Gasteiger partial charge in [0, 0.05) is 26.9 Å². The van der Waals surface area contributed by atoms with Gasteiger partial charge in [0.1, 0.15) is 0 Å². The van der Waals surface area contributed by atoms with Crippen LogP contribution < -0.4 is 11.1 Å². The van der Waals surface area contributed by atoms with Crippen LogP contribution in [0, 0.1) is 0 Å². The minimum atomic E-state index is -0.643. The highest BCUT2D eigenvalue weighted by molar-refractivity contribution is 5.84. The largest absolute Gasteiger partial charge is 0.385 e. The monoisotopic (exact) mass is 304 g/mol. The van der Waals surface area contributed by atoms with E-state index < -0.39 is 5.54 Å². The molecule has 0 aliphatic rings. The lowest BCUT2D eigenvalue weighted by Gasteiger charge is -2.27. The minimum Gasteiger partial charge on any atom is -0.385 e. The lowest BCUT2D eigenvalue weighted by molar-refractivity contribution is -0.124. The lowest BCUT2D eigenvalue weighted by Crippen LogP contribution is -2.53. The number of ether oxygens (including phenoxy) is 3. The second kappa shape index (κ2) is 13.0. The van der Waals surface area contributed by atoms with E-state index in [4.69, 9.17) is 19.9 Å². The van der Waals surface area contributed by atoms with Gasteiger partial charge in [-0.15, -0.1) is 0 Å². The van der Waals surface area contributed by atoms with Gasteiger partial charge in [0.05, 0.1) is 18.8 Å². The van der Waals surface area contributed by atoms with Crippen LogP contribution in [0.5, 0.6) is 0 Å². The molecule has 6 heteroatoms. The molecule has 0 bridgehead atoms. The van der Waals surface area contributed by atoms with Crippen molar-refractivity contribution in [1.29, 1.82) is 0 Å². The third-order valence-corrected chi connectivity index (χ3v) is 3.28. The summed E-state index contributed by atoms with van der Waals surface area (Å²) in [6, 6.07) is 0. The van der Waals surface area contributed by atoms with E-state index in [2.05, 4.69) is 12.2 Å². The van der Waals surface area contributed by atoms with Crippen molar-refractivity contribution in [3.8, 4) is 0 Å². The Kier molecular flexibility index (Phi) is 12.6. The van der Waals surface area contributed by atoms with Gasteiger partial charge in [-0.1, -0.05) is 6.92 Å². The van der Waals surface area contributed by atoms with Crippen LogP contribution in [0.3, 0.4) is 0 Å². The van der Waals surface area contributed by atoms with E-state index in [9.17, 15) is 4.79 Å². The Balaban J connectivity index is 3.56. The Bertz CT molecular complexity index is 264. The number of methoxy groups -OCH3 is 1. The summed E-state index contributed by atoms with van der Waals surface area (Å²) < 4.78 is 15.8. The smallest absolute Gasteiger partial charge is 0.237 e. The van der Waals surface area contributed by atoms with Crippen LogP contribution in [-0.4, -0.2) is 58.1 Å². The maximum absolute atomic E-state index is 11.5. The zero-order valence-electron chi connectivity index (χ0n) is 13.8. The van der Waals surface area contributed by atoms with Gasteiger partial charge in [-0.2, -0.15) is 0 Å². The van der Waals surface area contributed by atoms with Crippen molar-refractivity contribution in [2.75, 3.05) is 46.7 Å². The zero-order valence-corrected chi connectivity index (χ0v) is 13.8. The van der Waals surface area contributed by atoms with Gasteiger partial charge in [-0.25, -0.2) is 0 Å². The first-order chi connectivity index (χ1) is 10.1. The first-order valence-corrected chi connectivity index (χ1v) is 7.76. The van der Waals surface area contributed by atoms with Gasteiger partial charge >= 0.3 is 0 Å². The number of hydrogen-bond acceptors (Lipinski definition) is 5. The van der Waals surface area contributed by atoms with Gasteiger partial charge in [-0.05, 0) is 39.2 Å². The van der Waals surface area contributed by atoms with Crippen LogP contribution >= 0.6 is 0 Å². The molecule has 0 radical (unpaired) electrons. The molecule has 0 aromatic heterocycles. The Morgan fingerprint density at radius 3 is 2.24 bits per heavy atom. The van der Waals surface area contributed by atoms with Gasteiger partial charge in [0.25, 0.3) is 0 Å². The number of rotatable bonds is 15. The fraction of sp³-hybridized carbons (Fsp3) is 0.933. The summed E-state index contributed by atoms with van der Waals surface area (Å²) in [4.78, 5) is 11.5. The number of nitrogens with one attached hydrogen (secondary N) is 1. The van der Waals surface area contributed by atoms with Crippen LogP contribution in [0.4, 0.5) is 0 Å². The Labute approximate surface area is 128 Å². The summed E-state index contributed by atoms with van der Waals surface area (Å²) in [5.41, 5.74) is 4.82. The van der Waals surface area contributed by atoms with Crippen molar-refractivity contribution in [2.24, 2.45) is 5.73 Å². The van der Waals surface area contributed by atoms with Crippen molar-refractivity contribution in [1.82, 2.24) is 5.32 Å². The number of nitrogens with two attached hydrogens (primary N) is 1. The molecule has 1 amide bonds. The number of primary amides is 1. The van der Waals surface area contributed by atoms with Crippen LogP contribution in [0.25, 0.3) is 0 Å². The molecule has 0 aliphatic heterocycles.